The van der Waals surface area contributed by atoms with Gasteiger partial charge in [-0.15, -0.1) is 0 Å². The van der Waals surface area contributed by atoms with Gasteiger partial charge in [-0.3, -0.25) is 0 Å². The molecule has 0 unspecified atom stereocenters. The van der Waals surface area contributed by atoms with Crippen LogP contribution in [0.15, 0.2) is 358 Å². The molecule has 496 valence electrons. The molecule has 2 N–H and O–H groups in total. The standard InChI is InChI=1S/C100H66N6/c1-4-23-71(24-5-1)103(93-32-16-18-63-17-10-11-29-80(63)93)75-45-52-89-85(59-75)86-60-76(46-53-90(86)101-89)104(72-25-6-2-7-26-72)94-58-51-79(81-30-12-13-31-82(81)94)64-37-43-74(44-38-64)106(96-57-42-70-36-34-66-20-15-22-68-40-50-84(96)100(70)98(66)68)78-48-55-92-88(62-78)87-61-77(47-54-91(87)102-92)105(73-27-8-3-9-28-73)95-56-41-69-35-33-65-19-14-21-67-39-49-83(95)99(69)97(65)67/h1-19,21-35,37-62,101-102H,20,36H2. The van der Waals surface area contributed by atoms with Crippen molar-refractivity contribution in [1.82, 2.24) is 9.97 Å². The van der Waals surface area contributed by atoms with Crippen LogP contribution >= 0.6 is 0 Å². The number of nitrogens with one attached hydrogen (secondary N) is 2. The molecule has 0 saturated heterocycles. The van der Waals surface area contributed by atoms with Crippen LogP contribution in [-0.4, -0.2) is 9.97 Å². The first-order valence-corrected chi connectivity index (χ1v) is 36.7. The summed E-state index contributed by atoms with van der Waals surface area (Å²) in [5.74, 6) is 0. The van der Waals surface area contributed by atoms with Gasteiger partial charge in [-0.05, 0) is 235 Å². The Morgan fingerprint density at radius 2 is 0.660 bits per heavy atom. The van der Waals surface area contributed by atoms with Crippen LogP contribution in [0.25, 0.3) is 131 Å². The molecule has 6 heteroatoms. The first-order chi connectivity index (χ1) is 52.5. The van der Waals surface area contributed by atoms with E-state index in [4.69, 9.17) is 0 Å². The van der Waals surface area contributed by atoms with Crippen LogP contribution in [-0.2, 0) is 6.42 Å². The maximum absolute atomic E-state index is 3.86. The third kappa shape index (κ3) is 9.44. The summed E-state index contributed by atoms with van der Waals surface area (Å²) in [7, 11) is 0. The normalized spacial score (nSPS) is 12.7. The average molecular weight is 1350 g/mol. The molecule has 0 saturated carbocycles. The van der Waals surface area contributed by atoms with Gasteiger partial charge in [-0.25, -0.2) is 0 Å². The predicted molar refractivity (Wildman–Crippen MR) is 451 cm³/mol. The number of allylic oxidation sites excluding steroid dienone is 3. The molecule has 2 aliphatic carbocycles. The number of fused-ring (bicyclic) bond motifs is 8. The Bertz CT molecular complexity index is 7010. The zero-order chi connectivity index (χ0) is 69.5. The minimum Gasteiger partial charge on any atom is -0.355 e. The molecular formula is C100H66N6. The molecule has 6 nitrogen and oxygen atoms in total. The Kier molecular flexibility index (Phi) is 13.4. The van der Waals surface area contributed by atoms with E-state index in [1.54, 1.807) is 0 Å². The highest BCUT2D eigenvalue weighted by Crippen LogP contribution is 2.51. The fraction of sp³-hybridized carbons (Fsp3) is 0.0200. The minimum atomic E-state index is 0.918. The average Bonchev–Trinajstić information content (AvgIpc) is 1.63. The van der Waals surface area contributed by atoms with Crippen LogP contribution in [0.5, 0.6) is 0 Å². The second-order valence-electron chi connectivity index (χ2n) is 28.4. The summed E-state index contributed by atoms with van der Waals surface area (Å²) in [6.45, 7) is 0. The number of anilines is 12. The van der Waals surface area contributed by atoms with Gasteiger partial charge in [0.15, 0.2) is 0 Å². The van der Waals surface area contributed by atoms with Crippen LogP contribution in [0.1, 0.15) is 23.1 Å². The van der Waals surface area contributed by atoms with E-state index in [1.807, 2.05) is 0 Å². The number of hydrogen-bond acceptors (Lipinski definition) is 4. The Morgan fingerprint density at radius 3 is 1.25 bits per heavy atom. The highest BCUT2D eigenvalue weighted by molar-refractivity contribution is 6.26. The van der Waals surface area contributed by atoms with Gasteiger partial charge in [-0.1, -0.05) is 218 Å². The lowest BCUT2D eigenvalue weighted by molar-refractivity contribution is 1.22. The highest BCUT2D eigenvalue weighted by Gasteiger charge is 2.27. The van der Waals surface area contributed by atoms with E-state index >= 15 is 0 Å². The molecule has 22 rings (SSSR count). The smallest absolute Gasteiger partial charge is 0.0540 e. The molecule has 2 aliphatic rings. The summed E-state index contributed by atoms with van der Waals surface area (Å²) in [5.41, 5.74) is 25.3. The molecule has 0 aliphatic heterocycles. The molecule has 18 aromatic carbocycles. The molecule has 0 atom stereocenters. The highest BCUT2D eigenvalue weighted by atomic mass is 15.2. The quantitative estimate of drug-likeness (QED) is 0.113. The number of nitrogens with zero attached hydrogens (tertiary/aromatic N) is 4. The van der Waals surface area contributed by atoms with Gasteiger partial charge >= 0.3 is 0 Å². The van der Waals surface area contributed by atoms with Crippen molar-refractivity contribution in [3.8, 4) is 11.1 Å². The van der Waals surface area contributed by atoms with Crippen LogP contribution in [0, 0.1) is 0 Å². The second kappa shape index (κ2) is 23.8. The summed E-state index contributed by atoms with van der Waals surface area (Å²) >= 11 is 0. The maximum Gasteiger partial charge on any atom is 0.0540 e. The Morgan fingerprint density at radius 1 is 0.245 bits per heavy atom. The number of aromatic nitrogens is 2. The summed E-state index contributed by atoms with van der Waals surface area (Å²) in [6.07, 6.45) is 8.95. The van der Waals surface area contributed by atoms with E-state index in [1.165, 1.54) is 81.5 Å². The fourth-order valence-electron chi connectivity index (χ4n) is 17.8. The first kappa shape index (κ1) is 59.7. The number of aromatic amines is 2. The summed E-state index contributed by atoms with van der Waals surface area (Å²) in [6, 6.07) is 128. The second-order valence-corrected chi connectivity index (χ2v) is 28.4. The van der Waals surface area contributed by atoms with E-state index in [9.17, 15) is 0 Å². The van der Waals surface area contributed by atoms with Gasteiger partial charge in [0, 0.05) is 111 Å². The number of para-hydroxylation sites is 3. The van der Waals surface area contributed by atoms with Crippen LogP contribution in [0.4, 0.5) is 68.2 Å². The summed E-state index contributed by atoms with van der Waals surface area (Å²) < 4.78 is 0. The zero-order valence-corrected chi connectivity index (χ0v) is 57.8. The van der Waals surface area contributed by atoms with Crippen molar-refractivity contribution in [3.63, 3.8) is 0 Å². The van der Waals surface area contributed by atoms with Crippen molar-refractivity contribution < 1.29 is 0 Å². The fourth-order valence-corrected chi connectivity index (χ4v) is 17.8. The predicted octanol–water partition coefficient (Wildman–Crippen LogP) is 28.2. The minimum absolute atomic E-state index is 0.918. The van der Waals surface area contributed by atoms with Gasteiger partial charge in [0.25, 0.3) is 0 Å². The number of rotatable bonds is 13. The molecule has 20 aromatic rings. The Balaban J connectivity index is 0.667. The Labute approximate surface area is 612 Å². The third-order valence-corrected chi connectivity index (χ3v) is 22.6. The lowest BCUT2D eigenvalue weighted by Gasteiger charge is -2.30. The van der Waals surface area contributed by atoms with Gasteiger partial charge in [0.05, 0.1) is 22.7 Å². The Hall–Kier alpha value is -13.9. The molecule has 0 fully saturated rings. The van der Waals surface area contributed by atoms with Crippen LogP contribution in [0.3, 0.4) is 0 Å². The molecule has 0 amide bonds. The monoisotopic (exact) mass is 1350 g/mol. The molecule has 0 spiro atoms. The lowest BCUT2D eigenvalue weighted by Crippen LogP contribution is -2.12. The van der Waals surface area contributed by atoms with E-state index in [0.29, 0.717) is 0 Å². The first-order valence-electron chi connectivity index (χ1n) is 36.7. The molecule has 2 aromatic heterocycles. The van der Waals surface area contributed by atoms with Crippen molar-refractivity contribution >= 4 is 188 Å². The molecule has 0 radical (unpaired) electrons. The van der Waals surface area contributed by atoms with Crippen LogP contribution in [0.2, 0.25) is 0 Å². The number of hydrogen-bond donors (Lipinski definition) is 2. The summed E-state index contributed by atoms with van der Waals surface area (Å²) in [4.78, 5) is 17.4. The van der Waals surface area contributed by atoms with Crippen molar-refractivity contribution in [3.05, 3.63) is 375 Å². The number of benzene rings is 18. The van der Waals surface area contributed by atoms with E-state index in [-0.39, 0.29) is 0 Å². The SMILES string of the molecule is C1=Cc2ccc3c(N(c4ccc(-c5ccc(N(c6ccccc6)c6ccc7[nH]c8ccc(N(c9ccccc9)c9cccc%10ccccc9%10)cc8c7c6)c6ccccc56)cc4)c4ccc5[nH]c6ccc(N(c7ccccc7)c7ccc8ccc9cccc%10ccc7c8c9%10)cc6c5c4)ccc4c3c2C(=CC4)C1. The molecule has 2 heterocycles. The van der Waals surface area contributed by atoms with E-state index < -0.39 is 0 Å². The maximum atomic E-state index is 3.86. The third-order valence-electron chi connectivity index (χ3n) is 22.6. The number of H-pyrrole nitrogens is 2. The van der Waals surface area contributed by atoms with Gasteiger partial charge in [0.2, 0.25) is 0 Å². The van der Waals surface area contributed by atoms with Crippen molar-refractivity contribution in [1.29, 1.82) is 0 Å². The molecule has 0 bridgehead atoms. The molecular weight excluding hydrogens is 1290 g/mol. The zero-order valence-electron chi connectivity index (χ0n) is 57.8. The van der Waals surface area contributed by atoms with Crippen LogP contribution < -0.4 is 19.6 Å². The van der Waals surface area contributed by atoms with E-state index in [2.05, 4.69) is 394 Å². The topological polar surface area (TPSA) is 44.5 Å². The molecule has 106 heavy (non-hydrogen) atoms. The summed E-state index contributed by atoms with van der Waals surface area (Å²) in [5, 5.41) is 19.5. The lowest BCUT2D eigenvalue weighted by atomic mass is 9.81. The van der Waals surface area contributed by atoms with E-state index in [0.717, 1.165) is 141 Å². The van der Waals surface area contributed by atoms with Gasteiger partial charge in [-0.2, -0.15) is 0 Å². The van der Waals surface area contributed by atoms with Gasteiger partial charge < -0.3 is 29.6 Å². The largest absolute Gasteiger partial charge is 0.355 e. The van der Waals surface area contributed by atoms with Crippen molar-refractivity contribution in [2.75, 3.05) is 19.6 Å². The van der Waals surface area contributed by atoms with Gasteiger partial charge in [0.1, 0.15) is 0 Å². The van der Waals surface area contributed by atoms with Crippen molar-refractivity contribution in [2.45, 2.75) is 12.8 Å². The van der Waals surface area contributed by atoms with Crippen molar-refractivity contribution in [2.24, 2.45) is 0 Å².